The van der Waals surface area contributed by atoms with Crippen LogP contribution in [0.15, 0.2) is 30.3 Å². The lowest BCUT2D eigenvalue weighted by Gasteiger charge is -2.08. The number of esters is 1. The summed E-state index contributed by atoms with van der Waals surface area (Å²) in [5, 5.41) is 9.50. The van der Waals surface area contributed by atoms with Gasteiger partial charge in [-0.05, 0) is 12.0 Å². The Morgan fingerprint density at radius 3 is 2.64 bits per heavy atom. The maximum atomic E-state index is 10.8. The molecule has 3 heteroatoms. The van der Waals surface area contributed by atoms with E-state index in [-0.39, 0.29) is 12.4 Å². The molecule has 0 saturated heterocycles. The van der Waals surface area contributed by atoms with Crippen molar-refractivity contribution >= 4 is 5.97 Å². The van der Waals surface area contributed by atoms with Gasteiger partial charge in [0.15, 0.2) is 0 Å². The van der Waals surface area contributed by atoms with E-state index in [2.05, 4.69) is 4.74 Å². The molecule has 0 fully saturated rings. The standard InChI is InChI=1S/C11H14O3/c1-14-11(13)8-10(12)7-9-5-3-2-4-6-9/h2-6,10,12H,7-8H2,1H3. The number of rotatable bonds is 4. The molecule has 0 spiro atoms. The second-order valence-electron chi connectivity index (χ2n) is 3.12. The number of benzene rings is 1. The van der Waals surface area contributed by atoms with Crippen LogP contribution in [-0.4, -0.2) is 24.3 Å². The first-order valence-corrected chi connectivity index (χ1v) is 4.51. The molecule has 0 aliphatic heterocycles. The van der Waals surface area contributed by atoms with Crippen LogP contribution >= 0.6 is 0 Å². The summed E-state index contributed by atoms with van der Waals surface area (Å²) in [7, 11) is 1.32. The Kier molecular flexibility index (Phi) is 4.13. The molecule has 0 saturated carbocycles. The number of ether oxygens (including phenoxy) is 1. The van der Waals surface area contributed by atoms with Crippen LogP contribution in [0.25, 0.3) is 0 Å². The van der Waals surface area contributed by atoms with Gasteiger partial charge in [-0.15, -0.1) is 0 Å². The maximum Gasteiger partial charge on any atom is 0.308 e. The molecule has 0 aliphatic carbocycles. The molecule has 1 unspecified atom stereocenters. The summed E-state index contributed by atoms with van der Waals surface area (Å²) in [4.78, 5) is 10.8. The van der Waals surface area contributed by atoms with Gasteiger partial charge >= 0.3 is 5.97 Å². The van der Waals surface area contributed by atoms with Crippen LogP contribution in [0.1, 0.15) is 12.0 Å². The summed E-state index contributed by atoms with van der Waals surface area (Å²) in [5.41, 5.74) is 1.02. The van der Waals surface area contributed by atoms with Crippen LogP contribution in [0.5, 0.6) is 0 Å². The lowest BCUT2D eigenvalue weighted by molar-refractivity contribution is -0.142. The van der Waals surface area contributed by atoms with E-state index in [0.717, 1.165) is 5.56 Å². The van der Waals surface area contributed by atoms with Gasteiger partial charge in [0.25, 0.3) is 0 Å². The largest absolute Gasteiger partial charge is 0.469 e. The smallest absolute Gasteiger partial charge is 0.308 e. The Labute approximate surface area is 83.3 Å². The van der Waals surface area contributed by atoms with Gasteiger partial charge in [0.05, 0.1) is 19.6 Å². The number of hydrogen-bond acceptors (Lipinski definition) is 3. The number of methoxy groups -OCH3 is 1. The SMILES string of the molecule is COC(=O)CC(O)Cc1ccccc1. The highest BCUT2D eigenvalue weighted by molar-refractivity contribution is 5.69. The monoisotopic (exact) mass is 194 g/mol. The number of aliphatic hydroxyl groups excluding tert-OH is 1. The number of carbonyl (C=O) groups excluding carboxylic acids is 1. The highest BCUT2D eigenvalue weighted by Crippen LogP contribution is 2.05. The molecule has 0 heterocycles. The third-order valence-electron chi connectivity index (χ3n) is 1.94. The Hall–Kier alpha value is -1.35. The molecule has 0 bridgehead atoms. The molecule has 1 N–H and O–H groups in total. The molecule has 0 aliphatic rings. The molecular weight excluding hydrogens is 180 g/mol. The fourth-order valence-electron chi connectivity index (χ4n) is 1.23. The molecule has 14 heavy (non-hydrogen) atoms. The summed E-state index contributed by atoms with van der Waals surface area (Å²) in [6.07, 6.45) is -0.133. The third-order valence-corrected chi connectivity index (χ3v) is 1.94. The van der Waals surface area contributed by atoms with Crippen molar-refractivity contribution in [1.82, 2.24) is 0 Å². The summed E-state index contributed by atoms with van der Waals surface area (Å²) < 4.78 is 4.46. The van der Waals surface area contributed by atoms with Crippen molar-refractivity contribution in [1.29, 1.82) is 0 Å². The van der Waals surface area contributed by atoms with Gasteiger partial charge in [-0.3, -0.25) is 4.79 Å². The maximum absolute atomic E-state index is 10.8. The van der Waals surface area contributed by atoms with Gasteiger partial charge in [-0.2, -0.15) is 0 Å². The second-order valence-corrected chi connectivity index (χ2v) is 3.12. The quantitative estimate of drug-likeness (QED) is 0.731. The molecule has 1 atom stereocenters. The van der Waals surface area contributed by atoms with E-state index in [4.69, 9.17) is 0 Å². The second kappa shape index (κ2) is 5.40. The van der Waals surface area contributed by atoms with Crippen molar-refractivity contribution in [3.8, 4) is 0 Å². The van der Waals surface area contributed by atoms with E-state index in [1.807, 2.05) is 30.3 Å². The molecule has 0 amide bonds. The minimum atomic E-state index is -0.662. The van der Waals surface area contributed by atoms with E-state index in [0.29, 0.717) is 6.42 Å². The van der Waals surface area contributed by atoms with Crippen LogP contribution in [-0.2, 0) is 16.0 Å². The fraction of sp³-hybridized carbons (Fsp3) is 0.364. The normalized spacial score (nSPS) is 12.1. The first-order valence-electron chi connectivity index (χ1n) is 4.51. The minimum absolute atomic E-state index is 0.0470. The molecule has 1 aromatic rings. The molecule has 1 rings (SSSR count). The van der Waals surface area contributed by atoms with Gasteiger partial charge in [-0.25, -0.2) is 0 Å². The summed E-state index contributed by atoms with van der Waals surface area (Å²) in [6, 6.07) is 9.55. The van der Waals surface area contributed by atoms with Crippen molar-refractivity contribution in [3.05, 3.63) is 35.9 Å². The van der Waals surface area contributed by atoms with E-state index in [1.165, 1.54) is 7.11 Å². The zero-order chi connectivity index (χ0) is 10.4. The van der Waals surface area contributed by atoms with Crippen LogP contribution < -0.4 is 0 Å². The van der Waals surface area contributed by atoms with Crippen molar-refractivity contribution in [2.24, 2.45) is 0 Å². The third kappa shape index (κ3) is 3.58. The molecule has 0 aromatic heterocycles. The summed E-state index contributed by atoms with van der Waals surface area (Å²) >= 11 is 0. The number of aliphatic hydroxyl groups is 1. The first-order chi connectivity index (χ1) is 6.72. The van der Waals surface area contributed by atoms with Crippen LogP contribution in [0.2, 0.25) is 0 Å². The lowest BCUT2D eigenvalue weighted by atomic mass is 10.1. The van der Waals surface area contributed by atoms with Gasteiger partial charge in [0.2, 0.25) is 0 Å². The number of hydrogen-bond donors (Lipinski definition) is 1. The number of carbonyl (C=O) groups is 1. The Balaban J connectivity index is 2.41. The van der Waals surface area contributed by atoms with E-state index in [1.54, 1.807) is 0 Å². The van der Waals surface area contributed by atoms with Crippen LogP contribution in [0.3, 0.4) is 0 Å². The topological polar surface area (TPSA) is 46.5 Å². The highest BCUT2D eigenvalue weighted by Gasteiger charge is 2.10. The average molecular weight is 194 g/mol. The molecule has 76 valence electrons. The van der Waals surface area contributed by atoms with Crippen LogP contribution in [0.4, 0.5) is 0 Å². The molecule has 0 radical (unpaired) electrons. The fourth-order valence-corrected chi connectivity index (χ4v) is 1.23. The zero-order valence-electron chi connectivity index (χ0n) is 8.14. The van der Waals surface area contributed by atoms with Crippen molar-refractivity contribution in [3.63, 3.8) is 0 Å². The van der Waals surface area contributed by atoms with E-state index < -0.39 is 6.10 Å². The van der Waals surface area contributed by atoms with Crippen LogP contribution in [0, 0.1) is 0 Å². The van der Waals surface area contributed by atoms with Gasteiger partial charge in [0.1, 0.15) is 0 Å². The predicted molar refractivity (Wildman–Crippen MR) is 52.8 cm³/mol. The lowest BCUT2D eigenvalue weighted by Crippen LogP contribution is -2.16. The zero-order valence-corrected chi connectivity index (χ0v) is 8.14. The first kappa shape index (κ1) is 10.7. The Bertz CT molecular complexity index is 282. The average Bonchev–Trinajstić information content (AvgIpc) is 2.19. The van der Waals surface area contributed by atoms with Crippen molar-refractivity contribution in [2.75, 3.05) is 7.11 Å². The van der Waals surface area contributed by atoms with Gasteiger partial charge in [-0.1, -0.05) is 30.3 Å². The van der Waals surface area contributed by atoms with E-state index >= 15 is 0 Å². The van der Waals surface area contributed by atoms with Gasteiger partial charge in [0, 0.05) is 0 Å². The van der Waals surface area contributed by atoms with Crippen molar-refractivity contribution in [2.45, 2.75) is 18.9 Å². The highest BCUT2D eigenvalue weighted by atomic mass is 16.5. The molecule has 1 aromatic carbocycles. The Morgan fingerprint density at radius 2 is 2.07 bits per heavy atom. The Morgan fingerprint density at radius 1 is 1.43 bits per heavy atom. The minimum Gasteiger partial charge on any atom is -0.469 e. The molecule has 3 nitrogen and oxygen atoms in total. The van der Waals surface area contributed by atoms with Gasteiger partial charge < -0.3 is 9.84 Å². The predicted octanol–water partition coefficient (Wildman–Crippen LogP) is 1.15. The van der Waals surface area contributed by atoms with Crippen molar-refractivity contribution < 1.29 is 14.6 Å². The molecular formula is C11H14O3. The summed E-state index contributed by atoms with van der Waals surface area (Å²) in [6.45, 7) is 0. The summed E-state index contributed by atoms with van der Waals surface area (Å²) in [5.74, 6) is -0.381. The van der Waals surface area contributed by atoms with E-state index in [9.17, 15) is 9.90 Å².